The van der Waals surface area contributed by atoms with E-state index in [0.29, 0.717) is 5.57 Å². The van der Waals surface area contributed by atoms with Crippen molar-refractivity contribution >= 4 is 35.3 Å². The van der Waals surface area contributed by atoms with E-state index in [9.17, 15) is 22.8 Å². The topological polar surface area (TPSA) is 64.6 Å². The first-order valence-corrected chi connectivity index (χ1v) is 7.57. The fourth-order valence-electron chi connectivity index (χ4n) is 1.32. The first kappa shape index (κ1) is 22.9. The lowest BCUT2D eigenvalue weighted by molar-refractivity contribution is -0.172. The van der Waals surface area contributed by atoms with Gasteiger partial charge < -0.3 is 14.8 Å². The second-order valence-electron chi connectivity index (χ2n) is 6.13. The molecular weight excluding hydrogens is 376 g/mol. The molecule has 0 saturated heterocycles. The summed E-state index contributed by atoms with van der Waals surface area (Å²) in [5.74, 6) is -1.15. The Hall–Kier alpha value is -1.15. The third-order valence-electron chi connectivity index (χ3n) is 2.25. The molecule has 0 aromatic carbocycles. The van der Waals surface area contributed by atoms with Gasteiger partial charge in [0.05, 0.1) is 0 Å². The number of hydrogen-bond acceptors (Lipinski definition) is 4. The van der Waals surface area contributed by atoms with Crippen molar-refractivity contribution in [3.63, 3.8) is 0 Å². The van der Waals surface area contributed by atoms with Gasteiger partial charge in [0, 0.05) is 0 Å². The minimum atomic E-state index is -5.04. The molecule has 0 heterocycles. The van der Waals surface area contributed by atoms with Gasteiger partial charge in [0.15, 0.2) is 6.10 Å². The maximum Gasteiger partial charge on any atom is 0.425 e. The fraction of sp³-hybridized carbons (Fsp3) is 0.714. The molecule has 0 radical (unpaired) electrons. The number of hydrogen-bond donors (Lipinski definition) is 1. The van der Waals surface area contributed by atoms with E-state index >= 15 is 0 Å². The van der Waals surface area contributed by atoms with E-state index in [4.69, 9.17) is 27.9 Å². The number of alkyl halides is 5. The standard InChI is InChI=1S/C14H20Cl2F3NO4/c1-8(2)6-9(13(15,16)14(17,18)19)23-10(21)7-20-11(22)24-12(3,4)5/h6,9H,7H2,1-5H3,(H,20,22)/i7+2. The molecule has 0 rings (SSSR count). The minimum Gasteiger partial charge on any atom is -0.453 e. The van der Waals surface area contributed by atoms with Crippen molar-refractivity contribution in [2.24, 2.45) is 0 Å². The Morgan fingerprint density at radius 3 is 2.04 bits per heavy atom. The van der Waals surface area contributed by atoms with Gasteiger partial charge in [0.1, 0.15) is 12.1 Å². The third-order valence-corrected chi connectivity index (χ3v) is 3.11. The Labute approximate surface area is 148 Å². The van der Waals surface area contributed by atoms with Crippen molar-refractivity contribution < 1.29 is 32.2 Å². The van der Waals surface area contributed by atoms with E-state index in [2.05, 4.69) is 10.1 Å². The van der Waals surface area contributed by atoms with Crippen LogP contribution in [0.5, 0.6) is 0 Å². The van der Waals surface area contributed by atoms with Gasteiger partial charge in [-0.15, -0.1) is 0 Å². The van der Waals surface area contributed by atoms with Crippen LogP contribution in [0.1, 0.15) is 34.6 Å². The lowest BCUT2D eigenvalue weighted by Gasteiger charge is -2.29. The number of amides is 1. The monoisotopic (exact) mass is 395 g/mol. The molecule has 0 spiro atoms. The molecular formula is C14H20Cl2F3NO4. The van der Waals surface area contributed by atoms with Crippen molar-refractivity contribution in [1.29, 1.82) is 0 Å². The Morgan fingerprint density at radius 1 is 1.17 bits per heavy atom. The van der Waals surface area contributed by atoms with Crippen LogP contribution in [0.15, 0.2) is 11.6 Å². The summed E-state index contributed by atoms with van der Waals surface area (Å²) in [5, 5.41) is 2.06. The number of rotatable bonds is 5. The van der Waals surface area contributed by atoms with Gasteiger partial charge in [-0.2, -0.15) is 13.2 Å². The second kappa shape index (κ2) is 8.29. The van der Waals surface area contributed by atoms with Crippen LogP contribution < -0.4 is 5.32 Å². The number of allylic oxidation sites excluding steroid dienone is 1. The number of carbonyl (C=O) groups excluding carboxylic acids is 2. The van der Waals surface area contributed by atoms with E-state index in [1.807, 2.05) is 0 Å². The van der Waals surface area contributed by atoms with Gasteiger partial charge in [-0.25, -0.2) is 4.79 Å². The molecule has 1 unspecified atom stereocenters. The van der Waals surface area contributed by atoms with Crippen LogP contribution in [-0.4, -0.2) is 40.8 Å². The Balaban J connectivity index is 4.92. The van der Waals surface area contributed by atoms with E-state index in [-0.39, 0.29) is 0 Å². The van der Waals surface area contributed by atoms with Crippen LogP contribution in [0.4, 0.5) is 18.0 Å². The van der Waals surface area contributed by atoms with Gasteiger partial charge in [0.2, 0.25) is 0 Å². The van der Waals surface area contributed by atoms with Crippen molar-refractivity contribution in [3.8, 4) is 0 Å². The van der Waals surface area contributed by atoms with Gasteiger partial charge >= 0.3 is 18.2 Å². The van der Waals surface area contributed by atoms with Crippen LogP contribution in [-0.2, 0) is 14.3 Å². The van der Waals surface area contributed by atoms with Crippen LogP contribution in [0.3, 0.4) is 0 Å². The van der Waals surface area contributed by atoms with E-state index < -0.39 is 40.8 Å². The Morgan fingerprint density at radius 2 is 1.67 bits per heavy atom. The summed E-state index contributed by atoms with van der Waals surface area (Å²) in [4.78, 5) is 23.1. The van der Waals surface area contributed by atoms with Gasteiger partial charge in [-0.1, -0.05) is 28.8 Å². The zero-order valence-electron chi connectivity index (χ0n) is 13.9. The minimum absolute atomic E-state index is 0.405. The average Bonchev–Trinajstić information content (AvgIpc) is 2.31. The molecule has 0 bridgehead atoms. The maximum absolute atomic E-state index is 12.9. The molecule has 24 heavy (non-hydrogen) atoms. The number of esters is 1. The number of alkyl carbamates (subject to hydrolysis) is 1. The highest BCUT2D eigenvalue weighted by molar-refractivity contribution is 6.49. The molecule has 0 aliphatic rings. The first-order chi connectivity index (χ1) is 10.6. The summed E-state index contributed by atoms with van der Waals surface area (Å²) in [6.45, 7) is 7.08. The second-order valence-corrected chi connectivity index (χ2v) is 7.52. The van der Waals surface area contributed by atoms with Crippen LogP contribution in [0, 0.1) is 0 Å². The van der Waals surface area contributed by atoms with E-state index in [1.54, 1.807) is 20.8 Å². The summed E-state index contributed by atoms with van der Waals surface area (Å²) in [7, 11) is 0. The predicted octanol–water partition coefficient (Wildman–Crippen LogP) is 4.13. The van der Waals surface area contributed by atoms with Crippen molar-refractivity contribution in [2.75, 3.05) is 6.54 Å². The highest BCUT2D eigenvalue weighted by Crippen LogP contribution is 2.44. The smallest absolute Gasteiger partial charge is 0.425 e. The Kier molecular flexibility index (Phi) is 7.89. The predicted molar refractivity (Wildman–Crippen MR) is 84.0 cm³/mol. The molecule has 0 aliphatic heterocycles. The van der Waals surface area contributed by atoms with Crippen molar-refractivity contribution in [3.05, 3.63) is 11.6 Å². The lowest BCUT2D eigenvalue weighted by atomic mass is 10.1. The third kappa shape index (κ3) is 8.10. The van der Waals surface area contributed by atoms with Crippen molar-refractivity contribution in [1.82, 2.24) is 5.32 Å². The normalized spacial score (nSPS) is 13.8. The first-order valence-electron chi connectivity index (χ1n) is 6.82. The largest absolute Gasteiger partial charge is 0.453 e. The number of carbonyl (C=O) groups is 2. The molecule has 0 saturated carbocycles. The summed E-state index contributed by atoms with van der Waals surface area (Å²) >= 11 is 10.6. The number of halogens is 5. The molecule has 5 nitrogen and oxygen atoms in total. The highest BCUT2D eigenvalue weighted by atomic mass is 35.5. The van der Waals surface area contributed by atoms with E-state index in [0.717, 1.165) is 6.08 Å². The number of ether oxygens (including phenoxy) is 2. The molecule has 1 N–H and O–H groups in total. The lowest BCUT2D eigenvalue weighted by Crippen LogP contribution is -2.47. The summed E-state index contributed by atoms with van der Waals surface area (Å²) in [6.07, 6.45) is -6.96. The van der Waals surface area contributed by atoms with E-state index in [1.165, 1.54) is 13.8 Å². The quantitative estimate of drug-likeness (QED) is 0.431. The van der Waals surface area contributed by atoms with Crippen LogP contribution in [0.25, 0.3) is 0 Å². The molecule has 140 valence electrons. The molecule has 0 aliphatic carbocycles. The summed E-state index contributed by atoms with van der Waals surface area (Å²) in [6, 6.07) is 0. The average molecular weight is 396 g/mol. The molecule has 0 aromatic rings. The van der Waals surface area contributed by atoms with Gasteiger partial charge in [0.25, 0.3) is 4.33 Å². The van der Waals surface area contributed by atoms with Gasteiger partial charge in [-0.05, 0) is 40.7 Å². The summed E-state index contributed by atoms with van der Waals surface area (Å²) in [5.41, 5.74) is -0.390. The molecule has 0 fully saturated rings. The zero-order valence-corrected chi connectivity index (χ0v) is 15.4. The van der Waals surface area contributed by atoms with Crippen LogP contribution >= 0.6 is 23.2 Å². The SMILES string of the molecule is CC(C)=CC(OC(=O)[14CH2]NC(=O)OC(C)(C)C)C(Cl)(Cl)C(F)(F)F. The van der Waals surface area contributed by atoms with Crippen LogP contribution in [0.2, 0.25) is 0 Å². The zero-order chi connectivity index (χ0) is 19.3. The van der Waals surface area contributed by atoms with Crippen molar-refractivity contribution in [2.45, 2.75) is 56.8 Å². The molecule has 1 atom stereocenters. The molecule has 10 heteroatoms. The fourth-order valence-corrected chi connectivity index (χ4v) is 1.53. The Bertz CT molecular complexity index is 495. The summed E-state index contributed by atoms with van der Waals surface area (Å²) < 4.78 is 44.9. The molecule has 1 amide bonds. The number of nitrogens with one attached hydrogen (secondary N) is 1. The highest BCUT2D eigenvalue weighted by Gasteiger charge is 2.59. The molecule has 0 aromatic heterocycles. The maximum atomic E-state index is 12.9. The van der Waals surface area contributed by atoms with Gasteiger partial charge in [-0.3, -0.25) is 4.79 Å².